The maximum atomic E-state index is 11.7. The van der Waals surface area contributed by atoms with Crippen LogP contribution in [0.15, 0.2) is 0 Å². The number of piperidine rings is 1. The molecule has 1 aliphatic carbocycles. The first kappa shape index (κ1) is 16.6. The number of hydrogen-bond acceptors (Lipinski definition) is 4. The van der Waals surface area contributed by atoms with Crippen molar-refractivity contribution in [2.24, 2.45) is 5.92 Å². The van der Waals surface area contributed by atoms with Crippen LogP contribution in [0.25, 0.3) is 0 Å². The molecule has 1 saturated heterocycles. The van der Waals surface area contributed by atoms with E-state index >= 15 is 0 Å². The van der Waals surface area contributed by atoms with Crippen LogP contribution in [0.3, 0.4) is 0 Å². The normalized spacial score (nSPS) is 29.0. The second-order valence-corrected chi connectivity index (χ2v) is 7.69. The van der Waals surface area contributed by atoms with E-state index in [1.54, 1.807) is 0 Å². The Morgan fingerprint density at radius 2 is 1.86 bits per heavy atom. The first-order chi connectivity index (χ1) is 9.74. The minimum absolute atomic E-state index is 0.230. The van der Waals surface area contributed by atoms with Gasteiger partial charge >= 0.3 is 6.09 Å². The van der Waals surface area contributed by atoms with Crippen LogP contribution >= 0.6 is 0 Å². The van der Waals surface area contributed by atoms with E-state index in [0.717, 1.165) is 12.3 Å². The fourth-order valence-corrected chi connectivity index (χ4v) is 3.00. The summed E-state index contributed by atoms with van der Waals surface area (Å²) in [5.41, 5.74) is -0.427. The van der Waals surface area contributed by atoms with Gasteiger partial charge < -0.3 is 20.3 Å². The summed E-state index contributed by atoms with van der Waals surface area (Å²) in [5.74, 6) is 0.754. The van der Waals surface area contributed by atoms with Crippen molar-refractivity contribution in [1.29, 1.82) is 0 Å². The standard InChI is InChI=1S/C16H31N3O2/c1-11(12-6-8-19(5)9-7-12)17-13-10-14(13)18-15(20)21-16(2,3)4/h11-14,17H,6-10H2,1-5H3,(H,18,20). The van der Waals surface area contributed by atoms with E-state index in [1.165, 1.54) is 25.9 Å². The summed E-state index contributed by atoms with van der Waals surface area (Å²) in [6, 6.07) is 1.16. The fourth-order valence-electron chi connectivity index (χ4n) is 3.00. The molecule has 0 radical (unpaired) electrons. The monoisotopic (exact) mass is 297 g/mol. The number of nitrogens with zero attached hydrogens (tertiary/aromatic N) is 1. The van der Waals surface area contributed by atoms with Gasteiger partial charge in [0, 0.05) is 18.1 Å². The molecule has 0 spiro atoms. The average Bonchev–Trinajstić information content (AvgIpc) is 3.05. The first-order valence-corrected chi connectivity index (χ1v) is 8.19. The highest BCUT2D eigenvalue weighted by Gasteiger charge is 2.40. The molecule has 3 atom stereocenters. The largest absolute Gasteiger partial charge is 0.444 e. The Labute approximate surface area is 128 Å². The van der Waals surface area contributed by atoms with Crippen LogP contribution in [-0.4, -0.2) is 54.9 Å². The van der Waals surface area contributed by atoms with Crippen molar-refractivity contribution in [3.05, 3.63) is 0 Å². The third-order valence-electron chi connectivity index (χ3n) is 4.44. The molecule has 1 aliphatic heterocycles. The van der Waals surface area contributed by atoms with Gasteiger partial charge in [-0.1, -0.05) is 0 Å². The van der Waals surface area contributed by atoms with E-state index < -0.39 is 5.60 Å². The lowest BCUT2D eigenvalue weighted by Crippen LogP contribution is -2.43. The molecule has 1 heterocycles. The van der Waals surface area contributed by atoms with E-state index in [0.29, 0.717) is 12.1 Å². The van der Waals surface area contributed by atoms with E-state index in [9.17, 15) is 4.79 Å². The van der Waals surface area contributed by atoms with Gasteiger partial charge in [0.25, 0.3) is 0 Å². The zero-order valence-electron chi connectivity index (χ0n) is 14.1. The molecule has 2 rings (SSSR count). The van der Waals surface area contributed by atoms with Crippen LogP contribution in [0.4, 0.5) is 4.79 Å². The van der Waals surface area contributed by atoms with E-state index in [-0.39, 0.29) is 12.1 Å². The van der Waals surface area contributed by atoms with Crippen LogP contribution in [0.2, 0.25) is 0 Å². The van der Waals surface area contributed by atoms with Gasteiger partial charge in [0.15, 0.2) is 0 Å². The van der Waals surface area contributed by atoms with E-state index in [1.807, 2.05) is 20.8 Å². The van der Waals surface area contributed by atoms with Crippen molar-refractivity contribution >= 4 is 6.09 Å². The lowest BCUT2D eigenvalue weighted by atomic mass is 9.90. The average molecular weight is 297 g/mol. The van der Waals surface area contributed by atoms with Crippen molar-refractivity contribution in [2.45, 2.75) is 70.7 Å². The molecule has 122 valence electrons. The summed E-state index contributed by atoms with van der Waals surface area (Å²) in [7, 11) is 2.19. The Balaban J connectivity index is 1.66. The zero-order valence-corrected chi connectivity index (χ0v) is 14.1. The van der Waals surface area contributed by atoms with Gasteiger partial charge in [-0.2, -0.15) is 0 Å². The molecule has 0 aromatic heterocycles. The van der Waals surface area contributed by atoms with Crippen LogP contribution in [0.1, 0.15) is 47.0 Å². The van der Waals surface area contributed by atoms with Crippen molar-refractivity contribution in [3.63, 3.8) is 0 Å². The molecule has 1 amide bonds. The lowest BCUT2D eigenvalue weighted by Gasteiger charge is -2.33. The molecule has 5 heteroatoms. The van der Waals surface area contributed by atoms with Crippen molar-refractivity contribution in [1.82, 2.24) is 15.5 Å². The number of carbonyl (C=O) groups excluding carboxylic acids is 1. The summed E-state index contributed by atoms with van der Waals surface area (Å²) in [4.78, 5) is 14.1. The molecule has 0 bridgehead atoms. The lowest BCUT2D eigenvalue weighted by molar-refractivity contribution is 0.0521. The molecular weight excluding hydrogens is 266 g/mol. The number of ether oxygens (including phenoxy) is 1. The zero-order chi connectivity index (χ0) is 15.6. The Hall–Kier alpha value is -0.810. The van der Waals surface area contributed by atoms with Crippen LogP contribution < -0.4 is 10.6 Å². The number of carbonyl (C=O) groups is 1. The fraction of sp³-hybridized carbons (Fsp3) is 0.938. The smallest absolute Gasteiger partial charge is 0.407 e. The summed E-state index contributed by atoms with van der Waals surface area (Å²) < 4.78 is 5.29. The molecule has 3 unspecified atom stereocenters. The predicted octanol–water partition coefficient (Wildman–Crippen LogP) is 1.97. The number of likely N-dealkylation sites (tertiary alicyclic amines) is 1. The second kappa shape index (κ2) is 6.53. The predicted molar refractivity (Wildman–Crippen MR) is 84.4 cm³/mol. The third-order valence-corrected chi connectivity index (χ3v) is 4.44. The van der Waals surface area contributed by atoms with Crippen molar-refractivity contribution < 1.29 is 9.53 Å². The van der Waals surface area contributed by atoms with Crippen molar-refractivity contribution in [3.8, 4) is 0 Å². The van der Waals surface area contributed by atoms with Crippen LogP contribution in [0, 0.1) is 5.92 Å². The molecule has 5 nitrogen and oxygen atoms in total. The van der Waals surface area contributed by atoms with Gasteiger partial charge in [0.1, 0.15) is 5.60 Å². The number of amides is 1. The third kappa shape index (κ3) is 5.47. The highest BCUT2D eigenvalue weighted by molar-refractivity contribution is 5.68. The molecule has 2 fully saturated rings. The first-order valence-electron chi connectivity index (χ1n) is 8.19. The number of alkyl carbamates (subject to hydrolysis) is 1. The topological polar surface area (TPSA) is 53.6 Å². The van der Waals surface area contributed by atoms with E-state index in [2.05, 4.69) is 29.5 Å². The van der Waals surface area contributed by atoms with Crippen LogP contribution in [-0.2, 0) is 4.74 Å². The second-order valence-electron chi connectivity index (χ2n) is 7.69. The number of rotatable bonds is 4. The summed E-state index contributed by atoms with van der Waals surface area (Å²) in [6.45, 7) is 10.3. The Kier molecular flexibility index (Phi) is 5.15. The van der Waals surface area contributed by atoms with Gasteiger partial charge in [-0.15, -0.1) is 0 Å². The highest BCUT2D eigenvalue weighted by Crippen LogP contribution is 2.26. The Morgan fingerprint density at radius 3 is 2.43 bits per heavy atom. The molecule has 0 aromatic carbocycles. The Morgan fingerprint density at radius 1 is 1.24 bits per heavy atom. The van der Waals surface area contributed by atoms with Gasteiger partial charge in [-0.25, -0.2) is 4.79 Å². The molecule has 21 heavy (non-hydrogen) atoms. The summed E-state index contributed by atoms with van der Waals surface area (Å²) in [6.07, 6.45) is 3.24. The molecule has 0 aromatic rings. The van der Waals surface area contributed by atoms with Crippen LogP contribution in [0.5, 0.6) is 0 Å². The molecular formula is C16H31N3O2. The summed E-state index contributed by atoms with van der Waals surface area (Å²) in [5, 5.41) is 6.61. The van der Waals surface area contributed by atoms with E-state index in [4.69, 9.17) is 4.74 Å². The quantitative estimate of drug-likeness (QED) is 0.833. The van der Waals surface area contributed by atoms with Gasteiger partial charge in [-0.3, -0.25) is 0 Å². The minimum Gasteiger partial charge on any atom is -0.444 e. The highest BCUT2D eigenvalue weighted by atomic mass is 16.6. The summed E-state index contributed by atoms with van der Waals surface area (Å²) >= 11 is 0. The van der Waals surface area contributed by atoms with Gasteiger partial charge in [0.2, 0.25) is 0 Å². The molecule has 2 N–H and O–H groups in total. The van der Waals surface area contributed by atoms with Crippen molar-refractivity contribution in [2.75, 3.05) is 20.1 Å². The molecule has 2 aliphatic rings. The SMILES string of the molecule is CC(NC1CC1NC(=O)OC(C)(C)C)C1CCN(C)CC1. The van der Waals surface area contributed by atoms with Gasteiger partial charge in [-0.05, 0) is 73.0 Å². The van der Waals surface area contributed by atoms with Gasteiger partial charge in [0.05, 0.1) is 0 Å². The number of hydrogen-bond donors (Lipinski definition) is 2. The maximum absolute atomic E-state index is 11.7. The Bertz CT molecular complexity index is 359. The molecule has 1 saturated carbocycles. The number of nitrogens with one attached hydrogen (secondary N) is 2. The maximum Gasteiger partial charge on any atom is 0.407 e. The minimum atomic E-state index is -0.427.